The van der Waals surface area contributed by atoms with Gasteiger partial charge < -0.3 is 45.1 Å². The highest BCUT2D eigenvalue weighted by Gasteiger charge is 2.26. The van der Waals surface area contributed by atoms with Gasteiger partial charge in [0.15, 0.2) is 11.5 Å². The molecule has 4 rings (SSSR count). The number of urea groups is 1. The SMILES string of the molecule is C#Cc1cccc(NC(c2ccccc2NC(=O)N[C@@H](CCC(=O)O)C(=O)O)c2ncnc3cc(OCCOC)c(OCCOC)cc23)c1. The first-order valence-corrected chi connectivity index (χ1v) is 15.2. The molecule has 0 aliphatic heterocycles. The number of amides is 2. The molecule has 3 aromatic carbocycles. The summed E-state index contributed by atoms with van der Waals surface area (Å²) in [6.07, 6.45) is 6.36. The third kappa shape index (κ3) is 10.0. The lowest BCUT2D eigenvalue weighted by Crippen LogP contribution is -2.43. The first-order valence-electron chi connectivity index (χ1n) is 15.2. The van der Waals surface area contributed by atoms with E-state index in [4.69, 9.17) is 30.5 Å². The number of hydrogen-bond donors (Lipinski definition) is 5. The van der Waals surface area contributed by atoms with Crippen molar-refractivity contribution in [3.63, 3.8) is 0 Å². The van der Waals surface area contributed by atoms with E-state index in [0.29, 0.717) is 63.8 Å². The van der Waals surface area contributed by atoms with Gasteiger partial charge in [0.2, 0.25) is 0 Å². The molecule has 1 aromatic heterocycles. The van der Waals surface area contributed by atoms with E-state index in [9.17, 15) is 19.5 Å². The van der Waals surface area contributed by atoms with E-state index >= 15 is 0 Å². The number of terminal acetylenes is 1. The quantitative estimate of drug-likeness (QED) is 0.0746. The van der Waals surface area contributed by atoms with Crippen LogP contribution in [0.4, 0.5) is 16.2 Å². The topological polar surface area (TPSA) is 190 Å². The Morgan fingerprint density at radius 2 is 1.61 bits per heavy atom. The van der Waals surface area contributed by atoms with Crippen molar-refractivity contribution in [2.75, 3.05) is 51.3 Å². The summed E-state index contributed by atoms with van der Waals surface area (Å²) in [7, 11) is 3.15. The van der Waals surface area contributed by atoms with Gasteiger partial charge in [0.25, 0.3) is 0 Å². The second kappa shape index (κ2) is 17.9. The maximum atomic E-state index is 13.1. The standard InChI is InChI=1S/C35H37N5O9/c1-4-22-8-7-9-23(18-22)38-33(24-10-5-6-11-26(24)39-35(45)40-27(34(43)44)12-13-31(41)42)32-25-19-29(48-16-14-46-2)30(49-17-15-47-3)20-28(25)36-21-37-32/h1,5-11,18-21,27,33,38H,12-17H2,2-3H3,(H,41,42)(H,43,44)(H2,39,40,45)/t27-,33?/m0/s1. The Morgan fingerprint density at radius 1 is 0.898 bits per heavy atom. The molecule has 0 fully saturated rings. The Bertz CT molecular complexity index is 1810. The third-order valence-corrected chi connectivity index (χ3v) is 7.21. The molecule has 256 valence electrons. The molecule has 14 heteroatoms. The summed E-state index contributed by atoms with van der Waals surface area (Å²) in [5.74, 6) is 0.960. The molecule has 2 atom stereocenters. The van der Waals surface area contributed by atoms with Gasteiger partial charge in [0.05, 0.1) is 30.5 Å². The van der Waals surface area contributed by atoms with Gasteiger partial charge in [-0.15, -0.1) is 6.42 Å². The fourth-order valence-corrected chi connectivity index (χ4v) is 4.87. The second-order valence-corrected chi connectivity index (χ2v) is 10.6. The van der Waals surface area contributed by atoms with E-state index < -0.39 is 36.5 Å². The molecule has 0 saturated heterocycles. The van der Waals surface area contributed by atoms with Gasteiger partial charge in [-0.25, -0.2) is 19.6 Å². The Kier molecular flexibility index (Phi) is 13.1. The van der Waals surface area contributed by atoms with Crippen molar-refractivity contribution in [3.05, 3.63) is 83.8 Å². The van der Waals surface area contributed by atoms with Crippen molar-refractivity contribution < 1.29 is 43.5 Å². The van der Waals surface area contributed by atoms with Gasteiger partial charge in [0.1, 0.15) is 25.6 Å². The van der Waals surface area contributed by atoms with Gasteiger partial charge in [0, 0.05) is 54.6 Å². The summed E-state index contributed by atoms with van der Waals surface area (Å²) in [5, 5.41) is 27.7. The number of nitrogens with zero attached hydrogens (tertiary/aromatic N) is 2. The zero-order chi connectivity index (χ0) is 35.2. The highest BCUT2D eigenvalue weighted by Crippen LogP contribution is 2.38. The van der Waals surface area contributed by atoms with Crippen LogP contribution in [0.1, 0.15) is 35.7 Å². The number of fused-ring (bicyclic) bond motifs is 1. The number of nitrogens with one attached hydrogen (secondary N) is 3. The van der Waals surface area contributed by atoms with Gasteiger partial charge in [-0.3, -0.25) is 4.79 Å². The van der Waals surface area contributed by atoms with Crippen LogP contribution in [0.25, 0.3) is 10.9 Å². The molecule has 14 nitrogen and oxygen atoms in total. The lowest BCUT2D eigenvalue weighted by Gasteiger charge is -2.25. The number of aromatic nitrogens is 2. The molecule has 4 aromatic rings. The molecule has 1 unspecified atom stereocenters. The van der Waals surface area contributed by atoms with Crippen LogP contribution in [0.3, 0.4) is 0 Å². The predicted molar refractivity (Wildman–Crippen MR) is 181 cm³/mol. The fraction of sp³-hybridized carbons (Fsp3) is 0.286. The van der Waals surface area contributed by atoms with Crippen LogP contribution in [0.15, 0.2) is 67.0 Å². The second-order valence-electron chi connectivity index (χ2n) is 10.6. The minimum atomic E-state index is -1.42. The number of carbonyl (C=O) groups excluding carboxylic acids is 1. The first-order chi connectivity index (χ1) is 23.7. The van der Waals surface area contributed by atoms with Crippen LogP contribution in [0, 0.1) is 12.3 Å². The lowest BCUT2D eigenvalue weighted by molar-refractivity contribution is -0.140. The smallest absolute Gasteiger partial charge is 0.326 e. The molecule has 0 bridgehead atoms. The van der Waals surface area contributed by atoms with E-state index in [1.165, 1.54) is 6.33 Å². The zero-order valence-electron chi connectivity index (χ0n) is 27.0. The van der Waals surface area contributed by atoms with Crippen molar-refractivity contribution in [3.8, 4) is 23.8 Å². The monoisotopic (exact) mass is 671 g/mol. The molecule has 0 spiro atoms. The number of aliphatic carboxylic acids is 2. The number of ether oxygens (including phenoxy) is 4. The van der Waals surface area contributed by atoms with E-state index in [0.717, 1.165) is 0 Å². The maximum Gasteiger partial charge on any atom is 0.326 e. The minimum Gasteiger partial charge on any atom is -0.487 e. The van der Waals surface area contributed by atoms with E-state index in [1.807, 2.05) is 6.07 Å². The predicted octanol–water partition coefficient (Wildman–Crippen LogP) is 4.30. The summed E-state index contributed by atoms with van der Waals surface area (Å²) in [5.41, 5.74) is 3.23. The molecule has 1 heterocycles. The van der Waals surface area contributed by atoms with Crippen LogP contribution >= 0.6 is 0 Å². The van der Waals surface area contributed by atoms with Crippen molar-refractivity contribution in [1.29, 1.82) is 0 Å². The Morgan fingerprint density at radius 3 is 2.29 bits per heavy atom. The molecule has 0 aliphatic carbocycles. The first kappa shape index (κ1) is 35.9. The minimum absolute atomic E-state index is 0.248. The highest BCUT2D eigenvalue weighted by atomic mass is 16.5. The number of para-hydroxylation sites is 1. The molecule has 0 saturated carbocycles. The zero-order valence-corrected chi connectivity index (χ0v) is 27.0. The number of hydrogen-bond acceptors (Lipinski definition) is 10. The van der Waals surface area contributed by atoms with Gasteiger partial charge in [-0.05, 0) is 36.8 Å². The molecule has 5 N–H and O–H groups in total. The lowest BCUT2D eigenvalue weighted by atomic mass is 9.97. The van der Waals surface area contributed by atoms with Crippen LogP contribution in [-0.2, 0) is 19.1 Å². The Labute approximate surface area is 282 Å². The average molecular weight is 672 g/mol. The summed E-state index contributed by atoms with van der Waals surface area (Å²) >= 11 is 0. The number of anilines is 2. The normalized spacial score (nSPS) is 11.9. The van der Waals surface area contributed by atoms with Gasteiger partial charge in [-0.1, -0.05) is 30.2 Å². The van der Waals surface area contributed by atoms with Gasteiger partial charge in [-0.2, -0.15) is 0 Å². The number of carbonyl (C=O) groups is 3. The van der Waals surface area contributed by atoms with Crippen molar-refractivity contribution in [2.45, 2.75) is 24.9 Å². The number of carboxylic acid groups (broad SMARTS) is 2. The van der Waals surface area contributed by atoms with Gasteiger partial charge >= 0.3 is 18.0 Å². The number of carboxylic acids is 2. The number of benzene rings is 3. The molecular weight excluding hydrogens is 634 g/mol. The fourth-order valence-electron chi connectivity index (χ4n) is 4.87. The highest BCUT2D eigenvalue weighted by molar-refractivity contribution is 5.93. The van der Waals surface area contributed by atoms with E-state index in [2.05, 4.69) is 31.8 Å². The van der Waals surface area contributed by atoms with Crippen LogP contribution in [0.2, 0.25) is 0 Å². The van der Waals surface area contributed by atoms with Crippen molar-refractivity contribution in [1.82, 2.24) is 15.3 Å². The molecule has 49 heavy (non-hydrogen) atoms. The summed E-state index contributed by atoms with van der Waals surface area (Å²) in [4.78, 5) is 45.1. The summed E-state index contributed by atoms with van der Waals surface area (Å²) < 4.78 is 22.3. The molecular formula is C35H37N5O9. The largest absolute Gasteiger partial charge is 0.487 e. The van der Waals surface area contributed by atoms with Crippen LogP contribution in [0.5, 0.6) is 11.5 Å². The average Bonchev–Trinajstić information content (AvgIpc) is 3.09. The summed E-state index contributed by atoms with van der Waals surface area (Å²) in [6.45, 7) is 1.22. The van der Waals surface area contributed by atoms with Crippen molar-refractivity contribution in [2.24, 2.45) is 0 Å². The van der Waals surface area contributed by atoms with E-state index in [-0.39, 0.29) is 19.6 Å². The van der Waals surface area contributed by atoms with Crippen LogP contribution < -0.4 is 25.4 Å². The Hall–Kier alpha value is -5.91. The number of methoxy groups -OCH3 is 2. The molecule has 0 radical (unpaired) electrons. The molecule has 0 aliphatic rings. The Balaban J connectivity index is 1.81. The third-order valence-electron chi connectivity index (χ3n) is 7.21. The van der Waals surface area contributed by atoms with Crippen molar-refractivity contribution >= 4 is 40.2 Å². The summed E-state index contributed by atoms with van der Waals surface area (Å²) in [6, 6.07) is 14.7. The number of rotatable bonds is 18. The van der Waals surface area contributed by atoms with Crippen LogP contribution in [-0.4, -0.2) is 84.8 Å². The van der Waals surface area contributed by atoms with E-state index in [1.54, 1.807) is 68.8 Å². The maximum absolute atomic E-state index is 13.1. The molecule has 2 amide bonds.